The molecule has 0 aromatic heterocycles. The van der Waals surface area contributed by atoms with Crippen molar-refractivity contribution < 1.29 is 9.59 Å². The van der Waals surface area contributed by atoms with Crippen molar-refractivity contribution >= 4 is 12.1 Å². The van der Waals surface area contributed by atoms with Crippen molar-refractivity contribution in [2.75, 3.05) is 6.54 Å². The molecule has 0 aliphatic rings. The maximum absolute atomic E-state index is 10.7. The third-order valence-electron chi connectivity index (χ3n) is 1.27. The zero-order valence-electron chi connectivity index (χ0n) is 6.39. The molecule has 0 aliphatic carbocycles. The van der Waals surface area contributed by atoms with Gasteiger partial charge >= 0.3 is 0 Å². The number of nitrogens with one attached hydrogen (secondary N) is 1. The molecule has 0 aliphatic heterocycles. The molecule has 0 unspecified atom stereocenters. The minimum Gasteiger partial charge on any atom is -0.307 e. The lowest BCUT2D eigenvalue weighted by atomic mass is 10.1. The summed E-state index contributed by atoms with van der Waals surface area (Å²) in [6.45, 7) is 4.11. The van der Waals surface area contributed by atoms with Gasteiger partial charge in [0.1, 0.15) is 12.1 Å². The SMILES string of the molecule is CCN[C@@H](CC=O)C(C)=O. The highest BCUT2D eigenvalue weighted by atomic mass is 16.1. The van der Waals surface area contributed by atoms with E-state index in [9.17, 15) is 9.59 Å². The molecule has 0 amide bonds. The molecule has 10 heavy (non-hydrogen) atoms. The van der Waals surface area contributed by atoms with Crippen LogP contribution in [0.4, 0.5) is 0 Å². The molecule has 3 nitrogen and oxygen atoms in total. The highest BCUT2D eigenvalue weighted by Gasteiger charge is 2.10. The molecule has 0 radical (unpaired) electrons. The maximum Gasteiger partial charge on any atom is 0.147 e. The van der Waals surface area contributed by atoms with Gasteiger partial charge < -0.3 is 10.1 Å². The normalized spacial score (nSPS) is 12.6. The first kappa shape index (κ1) is 9.30. The Morgan fingerprint density at radius 1 is 1.70 bits per heavy atom. The lowest BCUT2D eigenvalue weighted by Gasteiger charge is -2.09. The Bertz CT molecular complexity index is 123. The van der Waals surface area contributed by atoms with E-state index in [2.05, 4.69) is 5.32 Å². The van der Waals surface area contributed by atoms with Gasteiger partial charge in [0.25, 0.3) is 0 Å². The fourth-order valence-corrected chi connectivity index (χ4v) is 0.736. The van der Waals surface area contributed by atoms with Gasteiger partial charge in [-0.15, -0.1) is 0 Å². The highest BCUT2D eigenvalue weighted by molar-refractivity contribution is 5.83. The Balaban J connectivity index is 3.71. The van der Waals surface area contributed by atoms with Crippen LogP contribution in [0, 0.1) is 0 Å². The monoisotopic (exact) mass is 143 g/mol. The average molecular weight is 143 g/mol. The van der Waals surface area contributed by atoms with Gasteiger partial charge in [0, 0.05) is 6.42 Å². The molecule has 1 N–H and O–H groups in total. The van der Waals surface area contributed by atoms with Crippen molar-refractivity contribution in [3.05, 3.63) is 0 Å². The zero-order chi connectivity index (χ0) is 7.98. The van der Waals surface area contributed by atoms with Gasteiger partial charge in [-0.1, -0.05) is 6.92 Å². The summed E-state index contributed by atoms with van der Waals surface area (Å²) in [6.07, 6.45) is 1.04. The summed E-state index contributed by atoms with van der Waals surface area (Å²) in [5.74, 6) is 0.0222. The summed E-state index contributed by atoms with van der Waals surface area (Å²) >= 11 is 0. The Morgan fingerprint density at radius 2 is 2.30 bits per heavy atom. The van der Waals surface area contributed by atoms with Gasteiger partial charge in [-0.25, -0.2) is 0 Å². The number of carbonyl (C=O) groups is 2. The van der Waals surface area contributed by atoms with Gasteiger partial charge in [-0.05, 0) is 13.5 Å². The number of aldehydes is 1. The van der Waals surface area contributed by atoms with Crippen LogP contribution >= 0.6 is 0 Å². The molecule has 0 aromatic carbocycles. The predicted octanol–water partition coefficient (Wildman–Crippen LogP) is 0.143. The first-order valence-electron chi connectivity index (χ1n) is 3.39. The third-order valence-corrected chi connectivity index (χ3v) is 1.27. The van der Waals surface area contributed by atoms with Crippen LogP contribution in [0.25, 0.3) is 0 Å². The van der Waals surface area contributed by atoms with E-state index in [1.54, 1.807) is 0 Å². The van der Waals surface area contributed by atoms with Gasteiger partial charge in [-0.3, -0.25) is 4.79 Å². The van der Waals surface area contributed by atoms with Crippen molar-refractivity contribution in [3.63, 3.8) is 0 Å². The highest BCUT2D eigenvalue weighted by Crippen LogP contribution is 1.89. The molecule has 3 heteroatoms. The first-order chi connectivity index (χ1) is 4.72. The third kappa shape index (κ3) is 3.35. The summed E-state index contributed by atoms with van der Waals surface area (Å²) in [6, 6.07) is -0.275. The van der Waals surface area contributed by atoms with Gasteiger partial charge in [-0.2, -0.15) is 0 Å². The molecular weight excluding hydrogens is 130 g/mol. The summed E-state index contributed by atoms with van der Waals surface area (Å²) in [5, 5.41) is 2.90. The quantitative estimate of drug-likeness (QED) is 0.557. The number of hydrogen-bond donors (Lipinski definition) is 1. The summed E-state index contributed by atoms with van der Waals surface area (Å²) in [5.41, 5.74) is 0. The standard InChI is InChI=1S/C7H13NO2/c1-3-8-7(4-5-9)6(2)10/h5,7-8H,3-4H2,1-2H3/t7-/m0/s1. The largest absolute Gasteiger partial charge is 0.307 e. The molecule has 0 heterocycles. The van der Waals surface area contributed by atoms with Crippen molar-refractivity contribution in [2.24, 2.45) is 0 Å². The van der Waals surface area contributed by atoms with Crippen LogP contribution in [0.5, 0.6) is 0 Å². The minimum atomic E-state index is -0.275. The molecule has 0 aromatic rings. The van der Waals surface area contributed by atoms with E-state index in [1.807, 2.05) is 6.92 Å². The van der Waals surface area contributed by atoms with Crippen molar-refractivity contribution in [2.45, 2.75) is 26.3 Å². The minimum absolute atomic E-state index is 0.0222. The Kier molecular flexibility index (Phi) is 4.76. The Morgan fingerprint density at radius 3 is 2.60 bits per heavy atom. The molecule has 0 fully saturated rings. The average Bonchev–Trinajstić information content (AvgIpc) is 1.87. The Hall–Kier alpha value is -0.700. The molecule has 0 bridgehead atoms. The molecular formula is C7H13NO2. The van der Waals surface area contributed by atoms with Crippen LogP contribution in [0.3, 0.4) is 0 Å². The van der Waals surface area contributed by atoms with Gasteiger partial charge in [0.05, 0.1) is 6.04 Å². The maximum atomic E-state index is 10.7. The van der Waals surface area contributed by atoms with E-state index in [-0.39, 0.29) is 18.2 Å². The zero-order valence-corrected chi connectivity index (χ0v) is 6.39. The van der Waals surface area contributed by atoms with Crippen molar-refractivity contribution in [1.82, 2.24) is 5.32 Å². The number of ketones is 1. The predicted molar refractivity (Wildman–Crippen MR) is 38.8 cm³/mol. The number of likely N-dealkylation sites (N-methyl/N-ethyl adjacent to an activating group) is 1. The van der Waals surface area contributed by atoms with Gasteiger partial charge in [0.15, 0.2) is 0 Å². The van der Waals surface area contributed by atoms with Gasteiger partial charge in [0.2, 0.25) is 0 Å². The molecule has 0 spiro atoms. The van der Waals surface area contributed by atoms with Crippen LogP contribution in [0.1, 0.15) is 20.3 Å². The van der Waals surface area contributed by atoms with Crippen molar-refractivity contribution in [3.8, 4) is 0 Å². The van der Waals surface area contributed by atoms with E-state index in [0.717, 1.165) is 12.8 Å². The number of carbonyl (C=O) groups excluding carboxylic acids is 2. The fourth-order valence-electron chi connectivity index (χ4n) is 0.736. The van der Waals surface area contributed by atoms with Crippen LogP contribution in [-0.2, 0) is 9.59 Å². The van der Waals surface area contributed by atoms with E-state index >= 15 is 0 Å². The second-order valence-corrected chi connectivity index (χ2v) is 2.12. The summed E-state index contributed by atoms with van der Waals surface area (Å²) < 4.78 is 0. The summed E-state index contributed by atoms with van der Waals surface area (Å²) in [4.78, 5) is 20.7. The first-order valence-corrected chi connectivity index (χ1v) is 3.39. The smallest absolute Gasteiger partial charge is 0.147 e. The van der Waals surface area contributed by atoms with Crippen molar-refractivity contribution in [1.29, 1.82) is 0 Å². The number of hydrogen-bond acceptors (Lipinski definition) is 3. The molecule has 0 rings (SSSR count). The molecule has 1 atom stereocenters. The van der Waals surface area contributed by atoms with Crippen LogP contribution in [0.15, 0.2) is 0 Å². The topological polar surface area (TPSA) is 46.2 Å². The lowest BCUT2D eigenvalue weighted by molar-refractivity contribution is -0.121. The van der Waals surface area contributed by atoms with E-state index in [1.165, 1.54) is 6.92 Å². The second kappa shape index (κ2) is 5.11. The lowest BCUT2D eigenvalue weighted by Crippen LogP contribution is -2.35. The molecule has 0 saturated carbocycles. The van der Waals surface area contributed by atoms with E-state index < -0.39 is 0 Å². The van der Waals surface area contributed by atoms with E-state index in [4.69, 9.17) is 0 Å². The van der Waals surface area contributed by atoms with Crippen LogP contribution in [-0.4, -0.2) is 24.7 Å². The number of Topliss-reactive ketones (excluding diaryl/α,β-unsaturated/α-hetero) is 1. The number of rotatable bonds is 5. The Labute approximate surface area is 60.8 Å². The van der Waals surface area contributed by atoms with Crippen LogP contribution < -0.4 is 5.32 Å². The fraction of sp³-hybridized carbons (Fsp3) is 0.714. The second-order valence-electron chi connectivity index (χ2n) is 2.12. The molecule has 58 valence electrons. The van der Waals surface area contributed by atoms with Crippen LogP contribution in [0.2, 0.25) is 0 Å². The summed E-state index contributed by atoms with van der Waals surface area (Å²) in [7, 11) is 0. The van der Waals surface area contributed by atoms with E-state index in [0.29, 0.717) is 0 Å². The molecule has 0 saturated heterocycles.